The molecule has 0 radical (unpaired) electrons. The van der Waals surface area contributed by atoms with Gasteiger partial charge < -0.3 is 14.0 Å². The summed E-state index contributed by atoms with van der Waals surface area (Å²) in [5.74, 6) is 1.30. The highest BCUT2D eigenvalue weighted by Gasteiger charge is 2.15. The highest BCUT2D eigenvalue weighted by molar-refractivity contribution is 6.31. The molecule has 34 heavy (non-hydrogen) atoms. The molecule has 0 atom stereocenters. The van der Waals surface area contributed by atoms with Crippen molar-refractivity contribution in [2.75, 3.05) is 13.2 Å². The average molecular weight is 481 g/mol. The van der Waals surface area contributed by atoms with E-state index in [4.69, 9.17) is 21.1 Å². The lowest BCUT2D eigenvalue weighted by Gasteiger charge is -2.13. The van der Waals surface area contributed by atoms with Crippen LogP contribution in [-0.2, 0) is 22.5 Å². The molecule has 0 saturated carbocycles. The van der Waals surface area contributed by atoms with Crippen molar-refractivity contribution in [1.29, 1.82) is 0 Å². The van der Waals surface area contributed by atoms with Crippen molar-refractivity contribution in [3.8, 4) is 5.75 Å². The van der Waals surface area contributed by atoms with Crippen molar-refractivity contribution in [2.45, 2.75) is 53.0 Å². The molecule has 0 aliphatic heterocycles. The number of ether oxygens (including phenoxy) is 2. The summed E-state index contributed by atoms with van der Waals surface area (Å²) in [6.07, 6.45) is 7.47. The van der Waals surface area contributed by atoms with Gasteiger partial charge >= 0.3 is 5.97 Å². The fourth-order valence-corrected chi connectivity index (χ4v) is 3.90. The highest BCUT2D eigenvalue weighted by atomic mass is 35.5. The monoisotopic (exact) mass is 480 g/mol. The molecular formula is C28H33ClN2O3. The molecule has 1 heterocycles. The van der Waals surface area contributed by atoms with Gasteiger partial charge in [-0.25, -0.2) is 9.78 Å². The van der Waals surface area contributed by atoms with Crippen LogP contribution >= 0.6 is 11.6 Å². The summed E-state index contributed by atoms with van der Waals surface area (Å²) in [7, 11) is 0. The topological polar surface area (TPSA) is 53.4 Å². The van der Waals surface area contributed by atoms with Crippen molar-refractivity contribution in [2.24, 2.45) is 0 Å². The van der Waals surface area contributed by atoms with E-state index in [0.29, 0.717) is 36.8 Å². The number of rotatable bonds is 12. The molecule has 0 N–H and O–H groups in total. The van der Waals surface area contributed by atoms with Crippen LogP contribution in [0.3, 0.4) is 0 Å². The predicted octanol–water partition coefficient (Wildman–Crippen LogP) is 6.65. The minimum Gasteiger partial charge on any atom is -0.494 e. The first-order valence-corrected chi connectivity index (χ1v) is 12.2. The maximum absolute atomic E-state index is 12.7. The van der Waals surface area contributed by atoms with Crippen molar-refractivity contribution in [3.63, 3.8) is 0 Å². The number of aromatic nitrogens is 2. The van der Waals surface area contributed by atoms with Crippen LogP contribution in [-0.4, -0.2) is 28.7 Å². The second kappa shape index (κ2) is 13.0. The molecule has 6 heteroatoms. The quantitative estimate of drug-likeness (QED) is 0.165. The van der Waals surface area contributed by atoms with Crippen molar-refractivity contribution in [3.05, 3.63) is 88.0 Å². The van der Waals surface area contributed by atoms with Crippen LogP contribution < -0.4 is 4.74 Å². The van der Waals surface area contributed by atoms with Crippen LogP contribution in [0.2, 0.25) is 5.02 Å². The summed E-state index contributed by atoms with van der Waals surface area (Å²) in [6, 6.07) is 15.7. The molecule has 0 amide bonds. The lowest BCUT2D eigenvalue weighted by atomic mass is 10.0. The zero-order chi connectivity index (χ0) is 24.3. The lowest BCUT2D eigenvalue weighted by Crippen LogP contribution is -2.11. The number of aryl methyl sites for hydroxylation is 1. The van der Waals surface area contributed by atoms with E-state index in [1.165, 1.54) is 0 Å². The smallest absolute Gasteiger partial charge is 0.334 e. The number of carbonyl (C=O) groups is 1. The van der Waals surface area contributed by atoms with Gasteiger partial charge in [0.05, 0.1) is 31.6 Å². The first-order valence-electron chi connectivity index (χ1n) is 11.9. The number of nitrogens with zero attached hydrogens (tertiary/aromatic N) is 2. The fourth-order valence-electron chi connectivity index (χ4n) is 3.67. The number of hydrogen-bond donors (Lipinski definition) is 0. The van der Waals surface area contributed by atoms with Crippen LogP contribution in [0.25, 0.3) is 6.08 Å². The lowest BCUT2D eigenvalue weighted by molar-refractivity contribution is -0.138. The van der Waals surface area contributed by atoms with Crippen molar-refractivity contribution in [1.82, 2.24) is 9.55 Å². The third kappa shape index (κ3) is 7.22. The van der Waals surface area contributed by atoms with Gasteiger partial charge in [-0.2, -0.15) is 0 Å². The molecule has 1 aromatic heterocycles. The van der Waals surface area contributed by atoms with Gasteiger partial charge in [0.25, 0.3) is 0 Å². The molecular weight excluding hydrogens is 448 g/mol. The zero-order valence-electron chi connectivity index (χ0n) is 20.2. The summed E-state index contributed by atoms with van der Waals surface area (Å²) in [5.41, 5.74) is 3.41. The second-order valence-electron chi connectivity index (χ2n) is 8.18. The SMILES string of the molecule is CCCCCOc1ccc(Cn2c(/C=C(\Cc3ccccc3)C(=O)OCC)cnc2C)c(Cl)c1. The minimum absolute atomic E-state index is 0.320. The van der Waals surface area contributed by atoms with Gasteiger partial charge in [-0.05, 0) is 49.6 Å². The Morgan fingerprint density at radius 1 is 1.12 bits per heavy atom. The Kier molecular flexibility index (Phi) is 9.77. The molecule has 3 aromatic rings. The molecule has 0 aliphatic carbocycles. The maximum atomic E-state index is 12.7. The van der Waals surface area contributed by atoms with Crippen molar-refractivity contribution < 1.29 is 14.3 Å². The standard InChI is InChI=1S/C28H33ClN2O3/c1-4-6-10-15-34-26-14-13-23(27(29)18-26)20-31-21(3)30-19-25(31)17-24(28(32)33-5-2)16-22-11-8-7-9-12-22/h7-9,11-14,17-19H,4-6,10,15-16,20H2,1-3H3/b24-17+. The molecule has 0 bridgehead atoms. The van der Waals surface area contributed by atoms with Crippen LogP contribution in [0.15, 0.2) is 60.3 Å². The summed E-state index contributed by atoms with van der Waals surface area (Å²) in [5, 5.41) is 0.644. The van der Waals surface area contributed by atoms with Crippen LogP contribution in [0.5, 0.6) is 5.75 Å². The highest BCUT2D eigenvalue weighted by Crippen LogP contribution is 2.25. The Labute approximate surface area is 207 Å². The molecule has 0 saturated heterocycles. The largest absolute Gasteiger partial charge is 0.494 e. The Morgan fingerprint density at radius 2 is 1.91 bits per heavy atom. The van der Waals surface area contributed by atoms with Gasteiger partial charge in [-0.1, -0.05) is 67.8 Å². The molecule has 0 fully saturated rings. The number of esters is 1. The number of imidazole rings is 1. The number of unbranched alkanes of at least 4 members (excludes halogenated alkanes) is 2. The minimum atomic E-state index is -0.320. The summed E-state index contributed by atoms with van der Waals surface area (Å²) >= 11 is 6.59. The second-order valence-corrected chi connectivity index (χ2v) is 8.58. The molecule has 2 aromatic carbocycles. The molecule has 180 valence electrons. The first kappa shape index (κ1) is 25.6. The van der Waals surface area contributed by atoms with E-state index in [0.717, 1.165) is 47.7 Å². The molecule has 5 nitrogen and oxygen atoms in total. The third-order valence-corrected chi connectivity index (χ3v) is 5.90. The average Bonchev–Trinajstić information content (AvgIpc) is 3.17. The van der Waals surface area contributed by atoms with E-state index in [1.807, 2.05) is 73.0 Å². The van der Waals surface area contributed by atoms with Gasteiger partial charge in [0, 0.05) is 17.0 Å². The third-order valence-electron chi connectivity index (χ3n) is 5.55. The van der Waals surface area contributed by atoms with E-state index >= 15 is 0 Å². The number of benzene rings is 2. The van der Waals surface area contributed by atoms with Crippen LogP contribution in [0.4, 0.5) is 0 Å². The normalized spacial score (nSPS) is 11.5. The van der Waals surface area contributed by atoms with Gasteiger partial charge in [0.1, 0.15) is 11.6 Å². The predicted molar refractivity (Wildman–Crippen MR) is 137 cm³/mol. The van der Waals surface area contributed by atoms with Gasteiger partial charge in [0.2, 0.25) is 0 Å². The summed E-state index contributed by atoms with van der Waals surface area (Å²) < 4.78 is 13.2. The molecule has 0 aliphatic rings. The fraction of sp³-hybridized carbons (Fsp3) is 0.357. The number of halogens is 1. The summed E-state index contributed by atoms with van der Waals surface area (Å²) in [6.45, 7) is 7.48. The Hall–Kier alpha value is -3.05. The van der Waals surface area contributed by atoms with Gasteiger partial charge in [0.15, 0.2) is 0 Å². The summed E-state index contributed by atoms with van der Waals surface area (Å²) in [4.78, 5) is 17.2. The number of carbonyl (C=O) groups excluding carboxylic acids is 1. The van der Waals surface area contributed by atoms with E-state index in [-0.39, 0.29) is 5.97 Å². The van der Waals surface area contributed by atoms with Crippen LogP contribution in [0.1, 0.15) is 55.8 Å². The Balaban J connectivity index is 1.83. The van der Waals surface area contributed by atoms with E-state index < -0.39 is 0 Å². The molecule has 0 spiro atoms. The maximum Gasteiger partial charge on any atom is 0.334 e. The first-order chi connectivity index (χ1) is 16.5. The van der Waals surface area contributed by atoms with Gasteiger partial charge in [-0.3, -0.25) is 0 Å². The van der Waals surface area contributed by atoms with E-state index in [9.17, 15) is 4.79 Å². The van der Waals surface area contributed by atoms with E-state index in [1.54, 1.807) is 6.20 Å². The van der Waals surface area contributed by atoms with E-state index in [2.05, 4.69) is 11.9 Å². The zero-order valence-corrected chi connectivity index (χ0v) is 21.0. The Bertz CT molecular complexity index is 1110. The molecule has 0 unspecified atom stereocenters. The van der Waals surface area contributed by atoms with Crippen molar-refractivity contribution >= 4 is 23.6 Å². The molecule has 3 rings (SSSR count). The van der Waals surface area contributed by atoms with Crippen LogP contribution in [0, 0.1) is 6.92 Å². The van der Waals surface area contributed by atoms with Gasteiger partial charge in [-0.15, -0.1) is 0 Å². The Morgan fingerprint density at radius 3 is 2.62 bits per heavy atom. The number of hydrogen-bond acceptors (Lipinski definition) is 4.